The minimum absolute atomic E-state index is 0.148. The minimum Gasteiger partial charge on any atom is -0.393 e. The predicted octanol–water partition coefficient (Wildman–Crippen LogP) is 1.03. The summed E-state index contributed by atoms with van der Waals surface area (Å²) in [6.45, 7) is 5.25. The fraction of sp³-hybridized carbons (Fsp3) is 1.00. The first kappa shape index (κ1) is 13.9. The maximum absolute atomic E-state index is 9.09. The van der Waals surface area contributed by atoms with Gasteiger partial charge in [-0.05, 0) is 67.0 Å². The molecule has 14 heavy (non-hydrogen) atoms. The lowest BCUT2D eigenvalue weighted by Gasteiger charge is -2.18. The van der Waals surface area contributed by atoms with Crippen LogP contribution in [-0.4, -0.2) is 61.8 Å². The van der Waals surface area contributed by atoms with Gasteiger partial charge < -0.3 is 14.9 Å². The number of aliphatic hydroxyl groups is 1. The molecule has 0 heterocycles. The van der Waals surface area contributed by atoms with Gasteiger partial charge in [-0.25, -0.2) is 0 Å². The van der Waals surface area contributed by atoms with Crippen LogP contribution in [0.2, 0.25) is 0 Å². The molecule has 3 nitrogen and oxygen atoms in total. The van der Waals surface area contributed by atoms with Crippen LogP contribution in [0.3, 0.4) is 0 Å². The first-order chi connectivity index (χ1) is 6.52. The van der Waals surface area contributed by atoms with Crippen molar-refractivity contribution in [1.29, 1.82) is 0 Å². The van der Waals surface area contributed by atoms with Crippen molar-refractivity contribution in [2.75, 3.05) is 40.8 Å². The van der Waals surface area contributed by atoms with E-state index in [9.17, 15) is 0 Å². The molecule has 0 saturated carbocycles. The van der Waals surface area contributed by atoms with Crippen LogP contribution in [0.15, 0.2) is 0 Å². The molecule has 1 N–H and O–H groups in total. The zero-order valence-electron chi connectivity index (χ0n) is 10.2. The van der Waals surface area contributed by atoms with E-state index in [-0.39, 0.29) is 6.10 Å². The zero-order valence-corrected chi connectivity index (χ0v) is 10.2. The summed E-state index contributed by atoms with van der Waals surface area (Å²) in [5.41, 5.74) is 0. The first-order valence-corrected chi connectivity index (χ1v) is 5.53. The largest absolute Gasteiger partial charge is 0.393 e. The van der Waals surface area contributed by atoms with E-state index in [0.717, 1.165) is 32.5 Å². The Kier molecular flexibility index (Phi) is 8.14. The van der Waals surface area contributed by atoms with E-state index in [4.69, 9.17) is 5.11 Å². The van der Waals surface area contributed by atoms with Crippen molar-refractivity contribution in [2.45, 2.75) is 32.3 Å². The van der Waals surface area contributed by atoms with Crippen molar-refractivity contribution in [3.8, 4) is 0 Å². The predicted molar refractivity (Wildman–Crippen MR) is 61.6 cm³/mol. The molecule has 0 spiro atoms. The van der Waals surface area contributed by atoms with E-state index in [2.05, 4.69) is 30.9 Å². The summed E-state index contributed by atoms with van der Waals surface area (Å²) < 4.78 is 0. The number of aliphatic hydroxyl groups excluding tert-OH is 1. The fourth-order valence-corrected chi connectivity index (χ4v) is 1.43. The zero-order chi connectivity index (χ0) is 11.0. The number of nitrogens with zero attached hydrogens (tertiary/aromatic N) is 2. The lowest BCUT2D eigenvalue weighted by atomic mass is 10.2. The van der Waals surface area contributed by atoms with E-state index in [1.54, 1.807) is 0 Å². The van der Waals surface area contributed by atoms with Gasteiger partial charge in [0, 0.05) is 0 Å². The summed E-state index contributed by atoms with van der Waals surface area (Å²) in [5, 5.41) is 9.09. The molecule has 3 heteroatoms. The Balaban J connectivity index is 3.23. The molecule has 0 aromatic rings. The number of rotatable bonds is 8. The molecule has 0 saturated heterocycles. The molecule has 0 aliphatic carbocycles. The van der Waals surface area contributed by atoms with Gasteiger partial charge in [0.1, 0.15) is 0 Å². The normalized spacial score (nSPS) is 13.9. The molecule has 0 rings (SSSR count). The maximum Gasteiger partial charge on any atom is 0.0512 e. The summed E-state index contributed by atoms with van der Waals surface area (Å²) >= 11 is 0. The third kappa shape index (κ3) is 9.96. The standard InChI is InChI=1S/C11H26N2O/c1-11(14)7-5-9-13(4)10-6-8-12(2)3/h11,14H,5-10H2,1-4H3. The molecule has 0 aliphatic heterocycles. The average Bonchev–Trinajstić information content (AvgIpc) is 2.02. The van der Waals surface area contributed by atoms with Gasteiger partial charge in [0.15, 0.2) is 0 Å². The molecule has 0 aromatic carbocycles. The molecule has 0 radical (unpaired) electrons. The Bertz CT molecular complexity index is 112. The lowest BCUT2D eigenvalue weighted by molar-refractivity contribution is 0.174. The van der Waals surface area contributed by atoms with Gasteiger partial charge >= 0.3 is 0 Å². The van der Waals surface area contributed by atoms with E-state index >= 15 is 0 Å². The maximum atomic E-state index is 9.09. The molecular formula is C11H26N2O. The molecule has 0 aliphatic rings. The first-order valence-electron chi connectivity index (χ1n) is 5.53. The highest BCUT2D eigenvalue weighted by Gasteiger charge is 2.00. The average molecular weight is 202 g/mol. The van der Waals surface area contributed by atoms with Crippen molar-refractivity contribution in [2.24, 2.45) is 0 Å². The third-order valence-electron chi connectivity index (χ3n) is 2.31. The van der Waals surface area contributed by atoms with Crippen LogP contribution in [0, 0.1) is 0 Å². The fourth-order valence-electron chi connectivity index (χ4n) is 1.43. The monoisotopic (exact) mass is 202 g/mol. The summed E-state index contributed by atoms with van der Waals surface area (Å²) in [5.74, 6) is 0. The van der Waals surface area contributed by atoms with Gasteiger partial charge in [-0.2, -0.15) is 0 Å². The second-order valence-electron chi connectivity index (χ2n) is 4.45. The highest BCUT2D eigenvalue weighted by Crippen LogP contribution is 1.98. The summed E-state index contributed by atoms with van der Waals surface area (Å²) in [4.78, 5) is 4.55. The van der Waals surface area contributed by atoms with Crippen LogP contribution in [0.4, 0.5) is 0 Å². The number of hydrogen-bond donors (Lipinski definition) is 1. The molecule has 0 fully saturated rings. The molecule has 0 aromatic heterocycles. The van der Waals surface area contributed by atoms with Crippen LogP contribution < -0.4 is 0 Å². The van der Waals surface area contributed by atoms with Crippen LogP contribution in [0.1, 0.15) is 26.2 Å². The van der Waals surface area contributed by atoms with Gasteiger partial charge in [0.2, 0.25) is 0 Å². The highest BCUT2D eigenvalue weighted by atomic mass is 16.3. The Hall–Kier alpha value is -0.120. The van der Waals surface area contributed by atoms with Gasteiger partial charge in [-0.1, -0.05) is 0 Å². The Morgan fingerprint density at radius 2 is 1.57 bits per heavy atom. The molecular weight excluding hydrogens is 176 g/mol. The van der Waals surface area contributed by atoms with Crippen molar-refractivity contribution in [3.05, 3.63) is 0 Å². The minimum atomic E-state index is -0.148. The summed E-state index contributed by atoms with van der Waals surface area (Å²) in [6, 6.07) is 0. The second-order valence-corrected chi connectivity index (χ2v) is 4.45. The van der Waals surface area contributed by atoms with Crippen molar-refractivity contribution in [3.63, 3.8) is 0 Å². The van der Waals surface area contributed by atoms with Crippen molar-refractivity contribution < 1.29 is 5.11 Å². The van der Waals surface area contributed by atoms with Crippen LogP contribution in [0.25, 0.3) is 0 Å². The van der Waals surface area contributed by atoms with Crippen LogP contribution in [0.5, 0.6) is 0 Å². The second kappa shape index (κ2) is 8.21. The van der Waals surface area contributed by atoms with E-state index < -0.39 is 0 Å². The highest BCUT2D eigenvalue weighted by molar-refractivity contribution is 4.56. The Labute approximate surface area is 88.7 Å². The molecule has 86 valence electrons. The van der Waals surface area contributed by atoms with Gasteiger partial charge in [-0.15, -0.1) is 0 Å². The molecule has 1 atom stereocenters. The van der Waals surface area contributed by atoms with E-state index in [1.165, 1.54) is 6.42 Å². The molecule has 0 amide bonds. The Morgan fingerprint density at radius 1 is 1.00 bits per heavy atom. The van der Waals surface area contributed by atoms with E-state index in [1.807, 2.05) is 6.92 Å². The topological polar surface area (TPSA) is 26.7 Å². The summed E-state index contributed by atoms with van der Waals surface area (Å²) in [6.07, 6.45) is 3.08. The van der Waals surface area contributed by atoms with Crippen LogP contribution >= 0.6 is 0 Å². The summed E-state index contributed by atoms with van der Waals surface area (Å²) in [7, 11) is 6.36. The number of hydrogen-bond acceptors (Lipinski definition) is 3. The third-order valence-corrected chi connectivity index (χ3v) is 2.31. The molecule has 0 bridgehead atoms. The van der Waals surface area contributed by atoms with Crippen molar-refractivity contribution in [1.82, 2.24) is 9.80 Å². The SMILES string of the molecule is CC(O)CCCN(C)CCCN(C)C. The van der Waals surface area contributed by atoms with E-state index in [0.29, 0.717) is 0 Å². The van der Waals surface area contributed by atoms with Crippen LogP contribution in [-0.2, 0) is 0 Å². The van der Waals surface area contributed by atoms with Gasteiger partial charge in [0.25, 0.3) is 0 Å². The smallest absolute Gasteiger partial charge is 0.0512 e. The van der Waals surface area contributed by atoms with Gasteiger partial charge in [-0.3, -0.25) is 0 Å². The van der Waals surface area contributed by atoms with Gasteiger partial charge in [0.05, 0.1) is 6.10 Å². The molecule has 1 unspecified atom stereocenters. The lowest BCUT2D eigenvalue weighted by Crippen LogP contribution is -2.25. The van der Waals surface area contributed by atoms with Crippen molar-refractivity contribution >= 4 is 0 Å². The Morgan fingerprint density at radius 3 is 2.07 bits per heavy atom. The quantitative estimate of drug-likeness (QED) is 0.637.